The maximum atomic E-state index is 12.1. The Morgan fingerprint density at radius 1 is 0.667 bits per heavy atom. The number of piperidine rings is 1. The highest BCUT2D eigenvalue weighted by Gasteiger charge is 2.47. The molecule has 0 aromatic rings. The maximum absolute atomic E-state index is 12.1. The summed E-state index contributed by atoms with van der Waals surface area (Å²) in [7, 11) is -15.6. The molecule has 1 saturated heterocycles. The van der Waals surface area contributed by atoms with Crippen molar-refractivity contribution in [1.82, 2.24) is 5.32 Å². The van der Waals surface area contributed by atoms with Gasteiger partial charge in [0.15, 0.2) is 19.8 Å². The molecule has 7 N–H and O–H groups in total. The van der Waals surface area contributed by atoms with E-state index in [1.54, 1.807) is 0 Å². The van der Waals surface area contributed by atoms with E-state index in [4.69, 9.17) is 28.9 Å². The molecule has 0 aliphatic carbocycles. The van der Waals surface area contributed by atoms with E-state index in [1.165, 1.54) is 0 Å². The van der Waals surface area contributed by atoms with Crippen LogP contribution in [0.2, 0.25) is 0 Å². The van der Waals surface area contributed by atoms with Crippen molar-refractivity contribution in [2.45, 2.75) is 18.3 Å². The first-order valence-electron chi connectivity index (χ1n) is 8.35. The minimum absolute atomic E-state index is 0.462. The Balaban J connectivity index is 3.12. The Bertz CT molecular complexity index is 814. The van der Waals surface area contributed by atoms with Crippen molar-refractivity contribution in [2.75, 3.05) is 32.9 Å². The zero-order chi connectivity index (χ0) is 25.4. The number of carbonyl (C=O) groups is 3. The molecular weight excluding hydrogens is 527 g/mol. The molecule has 0 amide bonds. The third kappa shape index (κ3) is 12.1. The molecule has 0 aromatic carbocycles. The van der Waals surface area contributed by atoms with Gasteiger partial charge >= 0.3 is 41.4 Å². The van der Waals surface area contributed by atoms with E-state index in [-0.39, 0.29) is 0 Å². The molecule has 1 aliphatic rings. The van der Waals surface area contributed by atoms with Crippen molar-refractivity contribution in [3.63, 3.8) is 0 Å². The molecule has 0 radical (unpaired) electrons. The van der Waals surface area contributed by atoms with E-state index in [9.17, 15) is 42.8 Å². The van der Waals surface area contributed by atoms with E-state index in [2.05, 4.69) is 18.9 Å². The van der Waals surface area contributed by atoms with Crippen LogP contribution in [-0.4, -0.2) is 99.1 Å². The first-order chi connectivity index (χ1) is 15.0. The van der Waals surface area contributed by atoms with Crippen LogP contribution in [0.5, 0.6) is 0 Å². The Morgan fingerprint density at radius 3 is 1.27 bits per heavy atom. The average molecular weight is 547 g/mol. The summed E-state index contributed by atoms with van der Waals surface area (Å²) in [6.07, 6.45) is -5.66. The molecule has 3 unspecified atom stereocenters. The molecular formula is C11H20NO18P3. The van der Waals surface area contributed by atoms with Gasteiger partial charge < -0.3 is 35.3 Å². The molecule has 22 heteroatoms. The predicted octanol–water partition coefficient (Wildman–Crippen LogP) is -1.65. The first kappa shape index (κ1) is 29.7. The summed E-state index contributed by atoms with van der Waals surface area (Å²) >= 11 is 0. The standard InChI is InChI=1S/C11H20NO18P3/c13-8(14)3-25-31(19,20)28-6-1-12-2-7(29-32(21,22)26-4-9(15)16)11(6)30-33(23,24)27-5-10(17)18/h6-7,11-12H,1-5H2,(H,13,14)(H,15,16)(H,17,18)(H,19,20)(H,21,22)(H,23,24)/t6-,7-/m1/s1. The summed E-state index contributed by atoms with van der Waals surface area (Å²) in [5, 5.41) is 28.1. The number of phosphoric ester groups is 3. The zero-order valence-corrected chi connectivity index (χ0v) is 18.9. The molecule has 1 rings (SSSR count). The van der Waals surface area contributed by atoms with E-state index < -0.39 is 92.6 Å². The van der Waals surface area contributed by atoms with E-state index in [0.29, 0.717) is 0 Å². The molecule has 0 saturated carbocycles. The number of carboxylic acids is 3. The summed E-state index contributed by atoms with van der Waals surface area (Å²) in [5.74, 6) is -4.98. The van der Waals surface area contributed by atoms with Gasteiger partial charge in [0.1, 0.15) is 18.3 Å². The quantitative estimate of drug-likeness (QED) is 0.113. The first-order valence-corrected chi connectivity index (χ1v) is 12.8. The highest BCUT2D eigenvalue weighted by Crippen LogP contribution is 2.52. The van der Waals surface area contributed by atoms with Gasteiger partial charge in [0, 0.05) is 13.1 Å². The van der Waals surface area contributed by atoms with Crippen LogP contribution in [0.3, 0.4) is 0 Å². The summed E-state index contributed by atoms with van der Waals surface area (Å²) in [6, 6.07) is 0. The smallest absolute Gasteiger partial charge is 0.473 e. The molecule has 1 fully saturated rings. The Labute approximate surface area is 184 Å². The van der Waals surface area contributed by atoms with Gasteiger partial charge in [0.25, 0.3) is 0 Å². The number of phosphoric acid groups is 3. The fraction of sp³-hybridized carbons (Fsp3) is 0.727. The SMILES string of the molecule is O=C(O)COP(=O)(O)OC1[C@H](OP(=O)(O)OCC(=O)O)CNC[C@H]1OP(=O)(O)OCC(=O)O. The number of hydrogen-bond acceptors (Lipinski definition) is 13. The lowest BCUT2D eigenvalue weighted by atomic mass is 10.0. The summed E-state index contributed by atoms with van der Waals surface area (Å²) in [6.45, 7) is -4.81. The average Bonchev–Trinajstić information content (AvgIpc) is 2.66. The molecule has 0 spiro atoms. The van der Waals surface area contributed by atoms with Gasteiger partial charge in [0.05, 0.1) is 0 Å². The normalized spacial score (nSPS) is 26.5. The zero-order valence-electron chi connectivity index (χ0n) is 16.2. The largest absolute Gasteiger partial charge is 0.480 e. The molecule has 33 heavy (non-hydrogen) atoms. The lowest BCUT2D eigenvalue weighted by Crippen LogP contribution is -2.55. The van der Waals surface area contributed by atoms with Crippen LogP contribution in [-0.2, 0) is 55.2 Å². The second-order valence-corrected chi connectivity index (χ2v) is 10.1. The van der Waals surface area contributed by atoms with Crippen LogP contribution < -0.4 is 5.32 Å². The summed E-state index contributed by atoms with van der Waals surface area (Å²) < 4.78 is 62.7. The molecule has 5 atom stereocenters. The number of hydrogen-bond donors (Lipinski definition) is 7. The van der Waals surface area contributed by atoms with E-state index >= 15 is 0 Å². The number of carboxylic acid groups (broad SMARTS) is 3. The van der Waals surface area contributed by atoms with Crippen molar-refractivity contribution < 1.29 is 85.2 Å². The molecule has 19 nitrogen and oxygen atoms in total. The monoisotopic (exact) mass is 547 g/mol. The Kier molecular flexibility index (Phi) is 11.2. The summed E-state index contributed by atoms with van der Waals surface area (Å²) in [4.78, 5) is 60.6. The van der Waals surface area contributed by atoms with Gasteiger partial charge in [-0.05, 0) is 0 Å². The van der Waals surface area contributed by atoms with Gasteiger partial charge in [0.2, 0.25) is 0 Å². The van der Waals surface area contributed by atoms with Crippen molar-refractivity contribution in [2.24, 2.45) is 0 Å². The summed E-state index contributed by atoms with van der Waals surface area (Å²) in [5.41, 5.74) is 0. The van der Waals surface area contributed by atoms with Crippen molar-refractivity contribution in [1.29, 1.82) is 0 Å². The van der Waals surface area contributed by atoms with Crippen LogP contribution in [0, 0.1) is 0 Å². The van der Waals surface area contributed by atoms with Crippen molar-refractivity contribution in [3.8, 4) is 0 Å². The third-order valence-electron chi connectivity index (χ3n) is 3.27. The molecule has 0 bridgehead atoms. The van der Waals surface area contributed by atoms with Crippen LogP contribution in [0.1, 0.15) is 0 Å². The van der Waals surface area contributed by atoms with Crippen LogP contribution in [0.25, 0.3) is 0 Å². The Hall–Kier alpha value is -1.30. The lowest BCUT2D eigenvalue weighted by molar-refractivity contribution is -0.142. The fourth-order valence-corrected chi connectivity index (χ4v) is 4.82. The van der Waals surface area contributed by atoms with Gasteiger partial charge in [-0.3, -0.25) is 27.1 Å². The predicted molar refractivity (Wildman–Crippen MR) is 97.7 cm³/mol. The third-order valence-corrected chi connectivity index (χ3v) is 6.22. The highest BCUT2D eigenvalue weighted by molar-refractivity contribution is 7.48. The second kappa shape index (κ2) is 12.4. The minimum Gasteiger partial charge on any atom is -0.480 e. The Morgan fingerprint density at radius 2 is 0.970 bits per heavy atom. The molecule has 1 heterocycles. The van der Waals surface area contributed by atoms with E-state index in [1.807, 2.05) is 0 Å². The maximum Gasteiger partial charge on any atom is 0.473 e. The number of rotatable bonds is 15. The van der Waals surface area contributed by atoms with Gasteiger partial charge in [-0.2, -0.15) is 0 Å². The fourth-order valence-electron chi connectivity index (χ4n) is 2.17. The molecule has 0 aromatic heterocycles. The van der Waals surface area contributed by atoms with Gasteiger partial charge in [-0.1, -0.05) is 0 Å². The topological polar surface area (TPSA) is 291 Å². The van der Waals surface area contributed by atoms with Crippen LogP contribution in [0.4, 0.5) is 0 Å². The van der Waals surface area contributed by atoms with Gasteiger partial charge in [-0.15, -0.1) is 0 Å². The van der Waals surface area contributed by atoms with Gasteiger partial charge in [-0.25, -0.2) is 28.1 Å². The lowest BCUT2D eigenvalue weighted by Gasteiger charge is -2.38. The number of aliphatic carboxylic acids is 3. The van der Waals surface area contributed by atoms with Crippen LogP contribution in [0.15, 0.2) is 0 Å². The molecule has 1 aliphatic heterocycles. The molecule has 192 valence electrons. The minimum atomic E-state index is -5.26. The van der Waals surface area contributed by atoms with Crippen molar-refractivity contribution >= 4 is 41.4 Å². The highest BCUT2D eigenvalue weighted by atomic mass is 31.2. The van der Waals surface area contributed by atoms with Crippen molar-refractivity contribution in [3.05, 3.63) is 0 Å². The number of nitrogens with one attached hydrogen (secondary N) is 1. The van der Waals surface area contributed by atoms with Crippen LogP contribution >= 0.6 is 23.5 Å². The second-order valence-electron chi connectivity index (χ2n) is 5.92. The van der Waals surface area contributed by atoms with E-state index in [0.717, 1.165) is 0 Å².